The maximum absolute atomic E-state index is 11.3. The fourth-order valence-corrected chi connectivity index (χ4v) is 1.15. The Kier molecular flexibility index (Phi) is 8.86. The molecule has 0 bridgehead atoms. The minimum absolute atomic E-state index is 0.00605. The van der Waals surface area contributed by atoms with E-state index in [0.29, 0.717) is 0 Å². The highest BCUT2D eigenvalue weighted by Crippen LogP contribution is 2.08. The van der Waals surface area contributed by atoms with Crippen LogP contribution in [0.25, 0.3) is 0 Å². The van der Waals surface area contributed by atoms with Crippen molar-refractivity contribution in [2.24, 2.45) is 5.92 Å². The van der Waals surface area contributed by atoms with Crippen molar-refractivity contribution in [2.75, 3.05) is 27.4 Å². The van der Waals surface area contributed by atoms with Crippen molar-refractivity contribution >= 4 is 18.1 Å². The number of rotatable bonds is 7. The topological polar surface area (TPSA) is 88.1 Å². The average Bonchev–Trinajstić information content (AvgIpc) is 2.41. The third-order valence-corrected chi connectivity index (χ3v) is 2.07. The predicted octanol–water partition coefficient (Wildman–Crippen LogP) is 1.07. The smallest absolute Gasteiger partial charge is 0.468 e. The number of ether oxygens (including phenoxy) is 4. The average molecular weight is 274 g/mol. The van der Waals surface area contributed by atoms with E-state index in [9.17, 15) is 14.4 Å². The Bertz CT molecular complexity index is 319. The van der Waals surface area contributed by atoms with Crippen molar-refractivity contribution in [3.8, 4) is 0 Å². The molecular weight excluding hydrogens is 256 g/mol. The molecule has 108 valence electrons. The van der Waals surface area contributed by atoms with Crippen LogP contribution in [0.1, 0.15) is 13.3 Å². The van der Waals surface area contributed by atoms with Crippen LogP contribution in [0.5, 0.6) is 0 Å². The standard InChI is InChI=1S/C12H18O7/c1-4-18-12(15)19-8-6-5-7-9(10(13)16-2)11(14)17-3/h5-6,9H,4,7-8H2,1-3H3/b6-5-. The van der Waals surface area contributed by atoms with Gasteiger partial charge in [0.25, 0.3) is 0 Å². The Hall–Kier alpha value is -2.05. The minimum Gasteiger partial charge on any atom is -0.468 e. The third kappa shape index (κ3) is 7.07. The Morgan fingerprint density at radius 2 is 1.58 bits per heavy atom. The first-order valence-electron chi connectivity index (χ1n) is 5.67. The number of esters is 2. The van der Waals surface area contributed by atoms with Crippen molar-refractivity contribution in [1.82, 2.24) is 0 Å². The normalized spacial score (nSPS) is 10.3. The molecule has 7 heteroatoms. The second kappa shape index (κ2) is 9.93. The van der Waals surface area contributed by atoms with Gasteiger partial charge in [-0.1, -0.05) is 12.2 Å². The molecule has 0 aromatic rings. The van der Waals surface area contributed by atoms with Crippen LogP contribution >= 0.6 is 0 Å². The quantitative estimate of drug-likeness (QED) is 0.297. The van der Waals surface area contributed by atoms with Gasteiger partial charge in [-0.05, 0) is 13.3 Å². The fraction of sp³-hybridized carbons (Fsp3) is 0.583. The molecule has 0 saturated carbocycles. The zero-order valence-corrected chi connectivity index (χ0v) is 11.2. The summed E-state index contributed by atoms with van der Waals surface area (Å²) < 4.78 is 18.2. The number of allylic oxidation sites excluding steroid dienone is 1. The van der Waals surface area contributed by atoms with Gasteiger partial charge in [0.05, 0.1) is 20.8 Å². The molecule has 0 fully saturated rings. The fourth-order valence-electron chi connectivity index (χ4n) is 1.15. The second-order valence-electron chi connectivity index (χ2n) is 3.30. The van der Waals surface area contributed by atoms with Gasteiger partial charge in [0.2, 0.25) is 0 Å². The molecule has 0 aliphatic rings. The van der Waals surface area contributed by atoms with Crippen molar-refractivity contribution in [2.45, 2.75) is 13.3 Å². The van der Waals surface area contributed by atoms with Gasteiger partial charge in [0.1, 0.15) is 6.61 Å². The SMILES string of the molecule is CCOC(=O)OC/C=C\CC(C(=O)OC)C(=O)OC. The molecule has 19 heavy (non-hydrogen) atoms. The molecule has 0 aliphatic heterocycles. The first kappa shape index (κ1) is 16.9. The van der Waals surface area contributed by atoms with E-state index in [4.69, 9.17) is 0 Å². The lowest BCUT2D eigenvalue weighted by atomic mass is 10.1. The van der Waals surface area contributed by atoms with Gasteiger partial charge in [-0.15, -0.1) is 0 Å². The number of carbonyl (C=O) groups excluding carboxylic acids is 3. The highest BCUT2D eigenvalue weighted by atomic mass is 16.7. The summed E-state index contributed by atoms with van der Waals surface area (Å²) >= 11 is 0. The monoisotopic (exact) mass is 274 g/mol. The summed E-state index contributed by atoms with van der Waals surface area (Å²) in [6, 6.07) is 0. The molecule has 0 radical (unpaired) electrons. The summed E-state index contributed by atoms with van der Waals surface area (Å²) in [5, 5.41) is 0. The van der Waals surface area contributed by atoms with Crippen LogP contribution < -0.4 is 0 Å². The van der Waals surface area contributed by atoms with Gasteiger partial charge in [0, 0.05) is 0 Å². The summed E-state index contributed by atoms with van der Waals surface area (Å²) in [6.45, 7) is 1.89. The van der Waals surface area contributed by atoms with E-state index in [-0.39, 0.29) is 19.6 Å². The van der Waals surface area contributed by atoms with E-state index in [1.54, 1.807) is 6.92 Å². The van der Waals surface area contributed by atoms with Gasteiger partial charge < -0.3 is 18.9 Å². The second-order valence-corrected chi connectivity index (χ2v) is 3.30. The van der Waals surface area contributed by atoms with Crippen molar-refractivity contribution < 1.29 is 33.3 Å². The Balaban J connectivity index is 4.14. The van der Waals surface area contributed by atoms with Gasteiger partial charge in [-0.2, -0.15) is 0 Å². The zero-order valence-electron chi connectivity index (χ0n) is 11.2. The summed E-state index contributed by atoms with van der Waals surface area (Å²) in [5.74, 6) is -2.38. The predicted molar refractivity (Wildman–Crippen MR) is 64.3 cm³/mol. The lowest BCUT2D eigenvalue weighted by Gasteiger charge is -2.09. The molecule has 0 saturated heterocycles. The first-order valence-corrected chi connectivity index (χ1v) is 5.67. The molecule has 0 spiro atoms. The van der Waals surface area contributed by atoms with Crippen molar-refractivity contribution in [1.29, 1.82) is 0 Å². The van der Waals surface area contributed by atoms with Gasteiger partial charge in [-0.25, -0.2) is 4.79 Å². The summed E-state index contributed by atoms with van der Waals surface area (Å²) in [6.07, 6.45) is 2.35. The summed E-state index contributed by atoms with van der Waals surface area (Å²) in [4.78, 5) is 33.4. The molecule has 0 atom stereocenters. The van der Waals surface area contributed by atoms with Crippen LogP contribution in [0.4, 0.5) is 4.79 Å². The lowest BCUT2D eigenvalue weighted by Crippen LogP contribution is -2.25. The minimum atomic E-state index is -1.02. The number of carbonyl (C=O) groups is 3. The number of hydrogen-bond donors (Lipinski definition) is 0. The van der Waals surface area contributed by atoms with E-state index in [1.165, 1.54) is 26.4 Å². The van der Waals surface area contributed by atoms with E-state index < -0.39 is 24.0 Å². The molecule has 0 N–H and O–H groups in total. The largest absolute Gasteiger partial charge is 0.508 e. The van der Waals surface area contributed by atoms with Crippen LogP contribution in [0, 0.1) is 5.92 Å². The van der Waals surface area contributed by atoms with E-state index in [1.807, 2.05) is 0 Å². The molecule has 7 nitrogen and oxygen atoms in total. The molecule has 0 heterocycles. The Morgan fingerprint density at radius 3 is 2.05 bits per heavy atom. The lowest BCUT2D eigenvalue weighted by molar-refractivity contribution is -0.158. The van der Waals surface area contributed by atoms with Gasteiger partial charge in [-0.3, -0.25) is 9.59 Å². The van der Waals surface area contributed by atoms with Crippen LogP contribution in [0.3, 0.4) is 0 Å². The van der Waals surface area contributed by atoms with Crippen LogP contribution in [-0.4, -0.2) is 45.5 Å². The molecule has 0 rings (SSSR count). The van der Waals surface area contributed by atoms with Crippen molar-refractivity contribution in [3.05, 3.63) is 12.2 Å². The van der Waals surface area contributed by atoms with E-state index in [0.717, 1.165) is 0 Å². The maximum Gasteiger partial charge on any atom is 0.508 e. The van der Waals surface area contributed by atoms with Crippen LogP contribution in [0.15, 0.2) is 12.2 Å². The van der Waals surface area contributed by atoms with Crippen LogP contribution in [0.2, 0.25) is 0 Å². The highest BCUT2D eigenvalue weighted by Gasteiger charge is 2.26. The van der Waals surface area contributed by atoms with Gasteiger partial charge in [0.15, 0.2) is 5.92 Å². The molecule has 0 aromatic carbocycles. The maximum atomic E-state index is 11.3. The summed E-state index contributed by atoms with van der Waals surface area (Å²) in [5.41, 5.74) is 0. The Labute approximate surface area is 111 Å². The molecule has 0 unspecified atom stereocenters. The van der Waals surface area contributed by atoms with E-state index in [2.05, 4.69) is 18.9 Å². The van der Waals surface area contributed by atoms with Crippen molar-refractivity contribution in [3.63, 3.8) is 0 Å². The molecule has 0 aromatic heterocycles. The zero-order chi connectivity index (χ0) is 14.7. The number of hydrogen-bond acceptors (Lipinski definition) is 7. The number of methoxy groups -OCH3 is 2. The van der Waals surface area contributed by atoms with E-state index >= 15 is 0 Å². The highest BCUT2D eigenvalue weighted by molar-refractivity contribution is 5.94. The third-order valence-electron chi connectivity index (χ3n) is 2.07. The molecule has 0 aliphatic carbocycles. The Morgan fingerprint density at radius 1 is 1.00 bits per heavy atom. The first-order chi connectivity index (χ1) is 9.06. The van der Waals surface area contributed by atoms with Crippen LogP contribution in [-0.2, 0) is 28.5 Å². The summed E-state index contributed by atoms with van der Waals surface area (Å²) in [7, 11) is 2.37. The molecular formula is C12H18O7. The molecule has 0 amide bonds. The van der Waals surface area contributed by atoms with Gasteiger partial charge >= 0.3 is 18.1 Å².